The first-order valence-electron chi connectivity index (χ1n) is 11.1. The number of ketones is 1. The zero-order valence-corrected chi connectivity index (χ0v) is 18.4. The summed E-state index contributed by atoms with van der Waals surface area (Å²) in [5, 5.41) is 0.966. The van der Waals surface area contributed by atoms with Crippen LogP contribution in [0.1, 0.15) is 79.2 Å². The summed E-state index contributed by atoms with van der Waals surface area (Å²) >= 11 is 0. The third-order valence-electron chi connectivity index (χ3n) is 7.37. The molecule has 1 aliphatic carbocycles. The minimum Gasteiger partial charge on any atom is -0.399 e. The van der Waals surface area contributed by atoms with E-state index in [2.05, 4.69) is 55.8 Å². The van der Waals surface area contributed by atoms with E-state index in [1.54, 1.807) is 0 Å². The fourth-order valence-corrected chi connectivity index (χ4v) is 5.47. The van der Waals surface area contributed by atoms with Crippen LogP contribution in [0.5, 0.6) is 0 Å². The molecule has 3 N–H and O–H groups in total. The van der Waals surface area contributed by atoms with Crippen LogP contribution in [0.15, 0.2) is 36.4 Å². The van der Waals surface area contributed by atoms with Crippen molar-refractivity contribution in [1.82, 2.24) is 9.88 Å². The van der Waals surface area contributed by atoms with Crippen molar-refractivity contribution in [2.75, 3.05) is 18.8 Å². The quantitative estimate of drug-likeness (QED) is 0.580. The molecule has 1 saturated heterocycles. The summed E-state index contributed by atoms with van der Waals surface area (Å²) in [5.41, 5.74) is 12.5. The van der Waals surface area contributed by atoms with Crippen molar-refractivity contribution in [3.05, 3.63) is 64.3 Å². The van der Waals surface area contributed by atoms with Crippen molar-refractivity contribution >= 4 is 22.4 Å². The molecule has 0 atom stereocenters. The van der Waals surface area contributed by atoms with Crippen molar-refractivity contribution in [2.24, 2.45) is 0 Å². The summed E-state index contributed by atoms with van der Waals surface area (Å²) in [6.07, 6.45) is 2.37. The molecule has 4 heteroatoms. The Balaban J connectivity index is 1.56. The number of aromatic amines is 1. The van der Waals surface area contributed by atoms with Gasteiger partial charge in [0.05, 0.1) is 5.56 Å². The number of piperidine rings is 1. The van der Waals surface area contributed by atoms with Gasteiger partial charge in [-0.05, 0) is 69.0 Å². The Kier molecular flexibility index (Phi) is 4.33. The van der Waals surface area contributed by atoms with Gasteiger partial charge in [-0.1, -0.05) is 38.1 Å². The van der Waals surface area contributed by atoms with E-state index in [1.807, 2.05) is 18.2 Å². The molecule has 1 aromatic heterocycles. The van der Waals surface area contributed by atoms with E-state index in [-0.39, 0.29) is 11.2 Å². The second-order valence-corrected chi connectivity index (χ2v) is 9.84. The molecule has 2 aromatic carbocycles. The minimum absolute atomic E-state index is 0.122. The van der Waals surface area contributed by atoms with Crippen LogP contribution >= 0.6 is 0 Å². The number of nitrogens with zero attached hydrogens (tertiary/aromatic N) is 1. The lowest BCUT2D eigenvalue weighted by molar-refractivity contribution is 0.103. The number of nitrogen functional groups attached to an aromatic ring is 1. The van der Waals surface area contributed by atoms with E-state index in [1.165, 1.54) is 18.4 Å². The number of carbonyl (C=O) groups excluding carboxylic acids is 1. The summed E-state index contributed by atoms with van der Waals surface area (Å²) < 4.78 is 0. The summed E-state index contributed by atoms with van der Waals surface area (Å²) in [6.45, 7) is 11.3. The van der Waals surface area contributed by atoms with E-state index in [0.29, 0.717) is 17.6 Å². The molecule has 0 unspecified atom stereocenters. The Morgan fingerprint density at radius 2 is 1.83 bits per heavy atom. The van der Waals surface area contributed by atoms with Crippen molar-refractivity contribution in [3.8, 4) is 0 Å². The van der Waals surface area contributed by atoms with Gasteiger partial charge in [0.2, 0.25) is 0 Å². The second-order valence-electron chi connectivity index (χ2n) is 9.84. The number of nitrogens with one attached hydrogen (secondary N) is 1. The van der Waals surface area contributed by atoms with Crippen molar-refractivity contribution in [2.45, 2.75) is 57.9 Å². The highest BCUT2D eigenvalue weighted by Crippen LogP contribution is 2.45. The Bertz CT molecular complexity index is 1150. The van der Waals surface area contributed by atoms with E-state index >= 15 is 0 Å². The fourth-order valence-electron chi connectivity index (χ4n) is 5.47. The maximum atomic E-state index is 13.5. The summed E-state index contributed by atoms with van der Waals surface area (Å²) in [6, 6.07) is 13.0. The Morgan fingerprint density at radius 3 is 2.53 bits per heavy atom. The van der Waals surface area contributed by atoms with Crippen LogP contribution in [-0.2, 0) is 5.41 Å². The number of likely N-dealkylation sites (tertiary alicyclic amines) is 1. The molecular formula is C26H31N3O. The van der Waals surface area contributed by atoms with Crippen molar-refractivity contribution in [3.63, 3.8) is 0 Å². The normalized spacial score (nSPS) is 19.3. The standard InChI is InChI=1S/C26H31N3O/c1-15(2)29-11-9-16(10-12-29)17-5-7-19-21(13-17)26(3,4)25-23(24(19)30)20-8-6-18(27)14-22(20)28-25/h5-8,13-16,28H,9-12,27H2,1-4H3. The number of hydrogen-bond donors (Lipinski definition) is 2. The maximum absolute atomic E-state index is 13.5. The average molecular weight is 402 g/mol. The Labute approximate surface area is 178 Å². The molecule has 0 bridgehead atoms. The van der Waals surface area contributed by atoms with Gasteiger partial charge < -0.3 is 15.6 Å². The highest BCUT2D eigenvalue weighted by Gasteiger charge is 2.40. The number of aromatic nitrogens is 1. The zero-order valence-electron chi connectivity index (χ0n) is 18.4. The van der Waals surface area contributed by atoms with E-state index in [0.717, 1.165) is 46.4 Å². The first-order valence-corrected chi connectivity index (χ1v) is 11.1. The summed E-state index contributed by atoms with van der Waals surface area (Å²) in [4.78, 5) is 19.6. The minimum atomic E-state index is -0.263. The van der Waals surface area contributed by atoms with Crippen LogP contribution in [0.3, 0.4) is 0 Å². The maximum Gasteiger partial charge on any atom is 0.195 e. The van der Waals surface area contributed by atoms with Crippen LogP contribution in [0.4, 0.5) is 5.69 Å². The van der Waals surface area contributed by atoms with E-state index in [4.69, 9.17) is 5.73 Å². The number of carbonyl (C=O) groups is 1. The molecule has 30 heavy (non-hydrogen) atoms. The first-order chi connectivity index (χ1) is 14.3. The Morgan fingerprint density at radius 1 is 1.10 bits per heavy atom. The predicted molar refractivity (Wildman–Crippen MR) is 123 cm³/mol. The molecule has 4 nitrogen and oxygen atoms in total. The van der Waals surface area contributed by atoms with Gasteiger partial charge in [0.25, 0.3) is 0 Å². The predicted octanol–water partition coefficient (Wildman–Crippen LogP) is 5.21. The van der Waals surface area contributed by atoms with Gasteiger partial charge in [-0.3, -0.25) is 4.79 Å². The number of benzene rings is 2. The third kappa shape index (κ3) is 2.81. The van der Waals surface area contributed by atoms with E-state index in [9.17, 15) is 4.79 Å². The van der Waals surface area contributed by atoms with Gasteiger partial charge >= 0.3 is 0 Å². The highest BCUT2D eigenvalue weighted by atomic mass is 16.1. The molecule has 1 fully saturated rings. The second kappa shape index (κ2) is 6.71. The number of fused-ring (bicyclic) bond motifs is 4. The van der Waals surface area contributed by atoms with Gasteiger partial charge in [-0.2, -0.15) is 0 Å². The van der Waals surface area contributed by atoms with Gasteiger partial charge in [-0.25, -0.2) is 0 Å². The van der Waals surface area contributed by atoms with Crippen molar-refractivity contribution < 1.29 is 4.79 Å². The fraction of sp³-hybridized carbons (Fsp3) is 0.423. The monoisotopic (exact) mass is 401 g/mol. The summed E-state index contributed by atoms with van der Waals surface area (Å²) in [7, 11) is 0. The number of anilines is 1. The lowest BCUT2D eigenvalue weighted by atomic mass is 9.70. The van der Waals surface area contributed by atoms with Crippen LogP contribution in [0.25, 0.3) is 10.9 Å². The zero-order chi connectivity index (χ0) is 21.2. The summed E-state index contributed by atoms with van der Waals surface area (Å²) in [5.74, 6) is 0.691. The molecule has 1 aliphatic heterocycles. The molecule has 0 saturated carbocycles. The van der Waals surface area contributed by atoms with Crippen LogP contribution in [-0.4, -0.2) is 34.8 Å². The third-order valence-corrected chi connectivity index (χ3v) is 7.37. The molecule has 0 radical (unpaired) electrons. The molecule has 2 aliphatic rings. The highest BCUT2D eigenvalue weighted by molar-refractivity contribution is 6.20. The smallest absolute Gasteiger partial charge is 0.195 e. The lowest BCUT2D eigenvalue weighted by Crippen LogP contribution is -2.38. The van der Waals surface area contributed by atoms with Gasteiger partial charge in [-0.15, -0.1) is 0 Å². The molecule has 0 spiro atoms. The number of hydrogen-bond acceptors (Lipinski definition) is 3. The molecule has 5 rings (SSSR count). The molecule has 0 amide bonds. The van der Waals surface area contributed by atoms with Crippen LogP contribution < -0.4 is 5.73 Å². The first kappa shape index (κ1) is 19.4. The van der Waals surface area contributed by atoms with Gasteiger partial charge in [0.1, 0.15) is 0 Å². The van der Waals surface area contributed by atoms with E-state index < -0.39 is 0 Å². The molecule has 156 valence electrons. The van der Waals surface area contributed by atoms with Crippen LogP contribution in [0.2, 0.25) is 0 Å². The Hall–Kier alpha value is -2.59. The largest absolute Gasteiger partial charge is 0.399 e. The number of rotatable bonds is 2. The topological polar surface area (TPSA) is 62.1 Å². The van der Waals surface area contributed by atoms with Gasteiger partial charge in [0.15, 0.2) is 5.78 Å². The van der Waals surface area contributed by atoms with Crippen LogP contribution in [0, 0.1) is 0 Å². The molecule has 2 heterocycles. The van der Waals surface area contributed by atoms with Crippen molar-refractivity contribution in [1.29, 1.82) is 0 Å². The van der Waals surface area contributed by atoms with Gasteiger partial charge in [0, 0.05) is 39.3 Å². The lowest BCUT2D eigenvalue weighted by Gasteiger charge is -2.36. The number of nitrogens with two attached hydrogens (primary N) is 1. The average Bonchev–Trinajstić information content (AvgIpc) is 3.12. The molecular weight excluding hydrogens is 370 g/mol. The SMILES string of the molecule is CC(C)N1CCC(c2ccc3c(c2)C(C)(C)c2[nH]c4cc(N)ccc4c2C3=O)CC1. The molecule has 3 aromatic rings. The number of H-pyrrole nitrogens is 1.